The van der Waals surface area contributed by atoms with E-state index in [0.717, 1.165) is 31.0 Å². The lowest BCUT2D eigenvalue weighted by Crippen LogP contribution is -2.26. The summed E-state index contributed by atoms with van der Waals surface area (Å²) in [5, 5.41) is 2.88. The van der Waals surface area contributed by atoms with E-state index < -0.39 is 23.6 Å². The van der Waals surface area contributed by atoms with Crippen LogP contribution in [0.2, 0.25) is 0 Å². The van der Waals surface area contributed by atoms with Crippen LogP contribution in [0.15, 0.2) is 18.2 Å². The zero-order valence-corrected chi connectivity index (χ0v) is 11.3. The van der Waals surface area contributed by atoms with E-state index in [1.54, 1.807) is 7.05 Å². The fourth-order valence-electron chi connectivity index (χ4n) is 2.42. The first-order valence-corrected chi connectivity index (χ1v) is 6.35. The Morgan fingerprint density at radius 1 is 1.26 bits per heavy atom. The molecule has 0 aliphatic heterocycles. The lowest BCUT2D eigenvalue weighted by molar-refractivity contribution is -0.138. The fourth-order valence-corrected chi connectivity index (χ4v) is 2.42. The average Bonchev–Trinajstić information content (AvgIpc) is 2.28. The molecule has 0 amide bonds. The van der Waals surface area contributed by atoms with Crippen LogP contribution in [-0.2, 0) is 6.18 Å². The highest BCUT2D eigenvalue weighted by Crippen LogP contribution is 2.37. The van der Waals surface area contributed by atoms with Crippen molar-refractivity contribution in [2.45, 2.75) is 38.9 Å². The summed E-state index contributed by atoms with van der Waals surface area (Å²) < 4.78 is 52.2. The van der Waals surface area contributed by atoms with E-state index in [0.29, 0.717) is 0 Å². The molecule has 0 radical (unpaired) electrons. The summed E-state index contributed by atoms with van der Waals surface area (Å²) in [6.07, 6.45) is -2.82. The monoisotopic (exact) mass is 277 g/mol. The van der Waals surface area contributed by atoms with Gasteiger partial charge < -0.3 is 5.32 Å². The molecule has 1 nitrogen and oxygen atoms in total. The van der Waals surface area contributed by atoms with Gasteiger partial charge in [0, 0.05) is 6.04 Å². The molecule has 19 heavy (non-hydrogen) atoms. The van der Waals surface area contributed by atoms with Crippen molar-refractivity contribution in [1.29, 1.82) is 0 Å². The van der Waals surface area contributed by atoms with E-state index >= 15 is 0 Å². The lowest BCUT2D eigenvalue weighted by atomic mass is 9.88. The largest absolute Gasteiger partial charge is 0.416 e. The summed E-state index contributed by atoms with van der Waals surface area (Å²) in [6, 6.07) is 2.14. The maximum Gasteiger partial charge on any atom is 0.416 e. The number of halogens is 4. The molecule has 1 rings (SSSR count). The van der Waals surface area contributed by atoms with Crippen LogP contribution in [0.3, 0.4) is 0 Å². The summed E-state index contributed by atoms with van der Waals surface area (Å²) in [6.45, 7) is 3.84. The molecule has 0 fully saturated rings. The van der Waals surface area contributed by atoms with Crippen molar-refractivity contribution in [2.24, 2.45) is 5.92 Å². The number of alkyl halides is 3. The Hall–Kier alpha value is -1.10. The standard InChI is InChI=1S/C14H19F4N/c1-4-5-9(2)13(19-3)11-8-10(15)6-7-12(11)14(16,17)18/h6-9,13,19H,4-5H2,1-3H3. The molecule has 2 unspecified atom stereocenters. The SMILES string of the molecule is CCCC(C)C(NC)c1cc(F)ccc1C(F)(F)F. The molecule has 2 atom stereocenters. The van der Waals surface area contributed by atoms with Crippen LogP contribution in [0.1, 0.15) is 43.9 Å². The molecule has 108 valence electrons. The van der Waals surface area contributed by atoms with E-state index in [4.69, 9.17) is 0 Å². The molecule has 0 spiro atoms. The van der Waals surface area contributed by atoms with Crippen LogP contribution in [0, 0.1) is 11.7 Å². The van der Waals surface area contributed by atoms with Crippen molar-refractivity contribution in [2.75, 3.05) is 7.05 Å². The number of rotatable bonds is 5. The summed E-state index contributed by atoms with van der Waals surface area (Å²) in [4.78, 5) is 0. The first-order valence-electron chi connectivity index (χ1n) is 6.35. The first-order chi connectivity index (χ1) is 8.81. The highest BCUT2D eigenvalue weighted by Gasteiger charge is 2.36. The van der Waals surface area contributed by atoms with Gasteiger partial charge in [-0.3, -0.25) is 0 Å². The minimum absolute atomic E-state index is 0.00194. The van der Waals surface area contributed by atoms with Crippen molar-refractivity contribution in [3.8, 4) is 0 Å². The van der Waals surface area contributed by atoms with Crippen molar-refractivity contribution >= 4 is 0 Å². The lowest BCUT2D eigenvalue weighted by Gasteiger charge is -2.26. The van der Waals surface area contributed by atoms with Crippen molar-refractivity contribution in [3.63, 3.8) is 0 Å². The Morgan fingerprint density at radius 3 is 2.37 bits per heavy atom. The van der Waals surface area contributed by atoms with Crippen LogP contribution in [0.4, 0.5) is 17.6 Å². The van der Waals surface area contributed by atoms with Crippen molar-refractivity contribution in [1.82, 2.24) is 5.32 Å². The van der Waals surface area contributed by atoms with Crippen molar-refractivity contribution in [3.05, 3.63) is 35.1 Å². The molecular formula is C14H19F4N. The van der Waals surface area contributed by atoms with Crippen LogP contribution in [0.5, 0.6) is 0 Å². The molecule has 0 aliphatic rings. The van der Waals surface area contributed by atoms with Gasteiger partial charge in [0.2, 0.25) is 0 Å². The van der Waals surface area contributed by atoms with E-state index in [1.807, 2.05) is 13.8 Å². The van der Waals surface area contributed by atoms with E-state index in [-0.39, 0.29) is 11.5 Å². The number of nitrogens with one attached hydrogen (secondary N) is 1. The Balaban J connectivity index is 3.25. The van der Waals surface area contributed by atoms with Gasteiger partial charge in [-0.1, -0.05) is 20.3 Å². The first kappa shape index (κ1) is 16.0. The van der Waals surface area contributed by atoms with Crippen LogP contribution >= 0.6 is 0 Å². The van der Waals surface area contributed by atoms with Gasteiger partial charge in [-0.2, -0.15) is 13.2 Å². The topological polar surface area (TPSA) is 12.0 Å². The quantitative estimate of drug-likeness (QED) is 0.779. The van der Waals surface area contributed by atoms with E-state index in [1.165, 1.54) is 0 Å². The molecular weight excluding hydrogens is 258 g/mol. The van der Waals surface area contributed by atoms with Gasteiger partial charge in [0.1, 0.15) is 5.82 Å². The Bertz CT molecular complexity index is 414. The second-order valence-corrected chi connectivity index (χ2v) is 4.76. The van der Waals surface area contributed by atoms with Gasteiger partial charge >= 0.3 is 6.18 Å². The minimum Gasteiger partial charge on any atom is -0.313 e. The van der Waals surface area contributed by atoms with Gasteiger partial charge in [0.25, 0.3) is 0 Å². The third-order valence-corrected chi connectivity index (χ3v) is 3.28. The maximum absolute atomic E-state index is 13.3. The maximum atomic E-state index is 13.3. The molecule has 0 heterocycles. The van der Waals surface area contributed by atoms with Crippen LogP contribution < -0.4 is 5.32 Å². The molecule has 0 aromatic heterocycles. The minimum atomic E-state index is -4.47. The second kappa shape index (κ2) is 6.37. The van der Waals surface area contributed by atoms with Gasteiger partial charge in [0.15, 0.2) is 0 Å². The number of hydrogen-bond donors (Lipinski definition) is 1. The Morgan fingerprint density at radius 2 is 1.89 bits per heavy atom. The molecule has 1 N–H and O–H groups in total. The van der Waals surface area contributed by atoms with E-state index in [9.17, 15) is 17.6 Å². The van der Waals surface area contributed by atoms with Crippen LogP contribution in [0.25, 0.3) is 0 Å². The summed E-state index contributed by atoms with van der Waals surface area (Å²) in [7, 11) is 1.60. The molecule has 0 saturated heterocycles. The predicted octanol–water partition coefficient (Wildman–Crippen LogP) is 4.54. The van der Waals surface area contributed by atoms with Crippen molar-refractivity contribution < 1.29 is 17.6 Å². The van der Waals surface area contributed by atoms with E-state index in [2.05, 4.69) is 5.32 Å². The molecule has 0 bridgehead atoms. The average molecular weight is 277 g/mol. The Labute approximate surface area is 111 Å². The predicted molar refractivity (Wildman–Crippen MR) is 67.3 cm³/mol. The van der Waals surface area contributed by atoms with Gasteiger partial charge in [-0.15, -0.1) is 0 Å². The summed E-state index contributed by atoms with van der Waals surface area (Å²) in [5.41, 5.74) is -0.785. The van der Waals surface area contributed by atoms with Gasteiger partial charge in [-0.05, 0) is 43.1 Å². The zero-order valence-electron chi connectivity index (χ0n) is 11.3. The molecule has 0 saturated carbocycles. The smallest absolute Gasteiger partial charge is 0.313 e. The van der Waals surface area contributed by atoms with Crippen LogP contribution in [-0.4, -0.2) is 7.05 Å². The Kier molecular flexibility index (Phi) is 5.35. The van der Waals surface area contributed by atoms with Gasteiger partial charge in [0.05, 0.1) is 5.56 Å². The third kappa shape index (κ3) is 3.93. The molecule has 5 heteroatoms. The number of hydrogen-bond acceptors (Lipinski definition) is 1. The normalized spacial score (nSPS) is 15.3. The van der Waals surface area contributed by atoms with Gasteiger partial charge in [-0.25, -0.2) is 4.39 Å². The highest BCUT2D eigenvalue weighted by molar-refractivity contribution is 5.33. The third-order valence-electron chi connectivity index (χ3n) is 3.28. The zero-order chi connectivity index (χ0) is 14.6. The summed E-state index contributed by atoms with van der Waals surface area (Å²) in [5.74, 6) is -0.648. The summed E-state index contributed by atoms with van der Waals surface area (Å²) >= 11 is 0. The molecule has 1 aromatic rings. The molecule has 0 aliphatic carbocycles. The second-order valence-electron chi connectivity index (χ2n) is 4.76. The highest BCUT2D eigenvalue weighted by atomic mass is 19.4. The fraction of sp³-hybridized carbons (Fsp3) is 0.571. The molecule has 1 aromatic carbocycles. The number of benzene rings is 1.